The Morgan fingerprint density at radius 3 is 2.23 bits per heavy atom. The van der Waals surface area contributed by atoms with Crippen LogP contribution in [-0.4, -0.2) is 23.5 Å². The third-order valence-electron chi connectivity index (χ3n) is 6.83. The normalized spacial score (nSPS) is 13.2. The Bertz CT molecular complexity index is 1750. The fourth-order valence-corrected chi connectivity index (χ4v) is 5.71. The van der Waals surface area contributed by atoms with E-state index in [1.165, 1.54) is 28.4 Å². The molecule has 0 spiro atoms. The van der Waals surface area contributed by atoms with Crippen LogP contribution in [0.15, 0.2) is 107 Å². The zero-order valence-electron chi connectivity index (χ0n) is 21.6. The molecule has 1 aliphatic rings. The number of methoxy groups -OCH3 is 1. The molecule has 0 N–H and O–H groups in total. The molecule has 198 valence electrons. The minimum absolute atomic E-state index is 0.317. The van der Waals surface area contributed by atoms with Gasteiger partial charge in [0.2, 0.25) is 0 Å². The molecule has 2 amide bonds. The molecule has 0 radical (unpaired) electrons. The van der Waals surface area contributed by atoms with Crippen molar-refractivity contribution in [2.75, 3.05) is 12.0 Å². The highest BCUT2D eigenvalue weighted by atomic mass is 32.1. The summed E-state index contributed by atoms with van der Waals surface area (Å²) in [5.41, 5.74) is 4.85. The van der Waals surface area contributed by atoms with Gasteiger partial charge in [0, 0.05) is 17.5 Å². The smallest absolute Gasteiger partial charge is 0.266 e. The summed E-state index contributed by atoms with van der Waals surface area (Å²) in [4.78, 5) is 33.0. The SMILES string of the molecule is COc1ccc(CCn2c(-c3cccc(N4C(=O)c5ccccc5C4=O)c3)csc2=Nc2ccc(F)cc2)cc1. The van der Waals surface area contributed by atoms with Gasteiger partial charge in [0.1, 0.15) is 11.6 Å². The summed E-state index contributed by atoms with van der Waals surface area (Å²) in [6.07, 6.45) is 0.739. The monoisotopic (exact) mass is 549 g/mol. The minimum Gasteiger partial charge on any atom is -0.497 e. The Balaban J connectivity index is 1.39. The van der Waals surface area contributed by atoms with E-state index in [-0.39, 0.29) is 17.6 Å². The number of benzene rings is 4. The molecule has 0 saturated heterocycles. The largest absolute Gasteiger partial charge is 0.497 e. The van der Waals surface area contributed by atoms with Crippen molar-refractivity contribution in [3.8, 4) is 17.0 Å². The van der Waals surface area contributed by atoms with E-state index in [4.69, 9.17) is 9.73 Å². The van der Waals surface area contributed by atoms with Gasteiger partial charge in [0.25, 0.3) is 11.8 Å². The van der Waals surface area contributed by atoms with E-state index < -0.39 is 0 Å². The molecule has 0 atom stereocenters. The molecule has 6 rings (SSSR count). The summed E-state index contributed by atoms with van der Waals surface area (Å²) < 4.78 is 20.9. The van der Waals surface area contributed by atoms with Crippen LogP contribution in [-0.2, 0) is 13.0 Å². The highest BCUT2D eigenvalue weighted by Crippen LogP contribution is 2.32. The maximum Gasteiger partial charge on any atom is 0.266 e. The van der Waals surface area contributed by atoms with Gasteiger partial charge in [-0.2, -0.15) is 0 Å². The number of carbonyl (C=O) groups excluding carboxylic acids is 2. The minimum atomic E-state index is -0.331. The van der Waals surface area contributed by atoms with E-state index in [1.807, 2.05) is 47.8 Å². The highest BCUT2D eigenvalue weighted by Gasteiger charge is 2.36. The summed E-state index contributed by atoms with van der Waals surface area (Å²) in [6, 6.07) is 28.3. The maximum atomic E-state index is 13.5. The summed E-state index contributed by atoms with van der Waals surface area (Å²) in [5, 5.41) is 2.01. The van der Waals surface area contributed by atoms with Gasteiger partial charge in [-0.15, -0.1) is 11.3 Å². The number of fused-ring (bicyclic) bond motifs is 1. The molecule has 1 aromatic heterocycles. The lowest BCUT2D eigenvalue weighted by Gasteiger charge is -2.16. The maximum absolute atomic E-state index is 13.5. The van der Waals surface area contributed by atoms with Crippen molar-refractivity contribution in [1.29, 1.82) is 0 Å². The van der Waals surface area contributed by atoms with Crippen molar-refractivity contribution in [2.24, 2.45) is 4.99 Å². The fourth-order valence-electron chi connectivity index (χ4n) is 4.75. The number of thiazole rings is 1. The highest BCUT2D eigenvalue weighted by molar-refractivity contribution is 7.07. The first-order chi connectivity index (χ1) is 19.5. The van der Waals surface area contributed by atoms with E-state index in [0.717, 1.165) is 33.8 Å². The van der Waals surface area contributed by atoms with Crippen molar-refractivity contribution in [1.82, 2.24) is 4.57 Å². The molecule has 8 heteroatoms. The number of aromatic nitrogens is 1. The molecule has 0 fully saturated rings. The van der Waals surface area contributed by atoms with Crippen molar-refractivity contribution in [3.63, 3.8) is 0 Å². The first-order valence-corrected chi connectivity index (χ1v) is 13.6. The van der Waals surface area contributed by atoms with Gasteiger partial charge in [-0.3, -0.25) is 9.59 Å². The van der Waals surface area contributed by atoms with Gasteiger partial charge in [0.05, 0.1) is 35.3 Å². The van der Waals surface area contributed by atoms with E-state index in [0.29, 0.717) is 29.0 Å². The van der Waals surface area contributed by atoms with Crippen LogP contribution in [0.1, 0.15) is 26.3 Å². The van der Waals surface area contributed by atoms with E-state index >= 15 is 0 Å². The number of ether oxygens (including phenoxy) is 1. The van der Waals surface area contributed by atoms with Gasteiger partial charge in [0.15, 0.2) is 4.80 Å². The second-order valence-corrected chi connectivity index (χ2v) is 10.1. The average Bonchev–Trinajstić information content (AvgIpc) is 3.50. The van der Waals surface area contributed by atoms with Crippen LogP contribution >= 0.6 is 11.3 Å². The Morgan fingerprint density at radius 1 is 0.850 bits per heavy atom. The molecule has 4 aromatic carbocycles. The van der Waals surface area contributed by atoms with E-state index in [9.17, 15) is 14.0 Å². The number of aryl methyl sites for hydroxylation is 1. The Morgan fingerprint density at radius 2 is 1.55 bits per heavy atom. The Hall–Kier alpha value is -4.82. The predicted molar refractivity (Wildman–Crippen MR) is 154 cm³/mol. The second kappa shape index (κ2) is 10.7. The molecule has 0 bridgehead atoms. The lowest BCUT2D eigenvalue weighted by Crippen LogP contribution is -2.29. The van der Waals surface area contributed by atoms with Crippen LogP contribution in [0, 0.1) is 5.82 Å². The first-order valence-electron chi connectivity index (χ1n) is 12.7. The quantitative estimate of drug-likeness (QED) is 0.214. The lowest BCUT2D eigenvalue weighted by atomic mass is 10.1. The van der Waals surface area contributed by atoms with Crippen LogP contribution < -0.4 is 14.4 Å². The number of imide groups is 1. The number of hydrogen-bond acceptors (Lipinski definition) is 5. The number of nitrogens with zero attached hydrogens (tertiary/aromatic N) is 3. The summed E-state index contributed by atoms with van der Waals surface area (Å²) in [5.74, 6) is -0.183. The van der Waals surface area contributed by atoms with Crippen molar-refractivity contribution in [2.45, 2.75) is 13.0 Å². The van der Waals surface area contributed by atoms with Gasteiger partial charge >= 0.3 is 0 Å². The number of rotatable bonds is 7. The second-order valence-electron chi connectivity index (χ2n) is 9.28. The third kappa shape index (κ3) is 4.85. The number of anilines is 1. The standard InChI is InChI=1S/C32H24FN3O3S/c1-39-26-15-9-21(10-16-26)17-18-35-29(20-40-32(35)34-24-13-11-23(33)12-14-24)22-5-4-6-25(19-22)36-30(37)27-7-2-3-8-28(27)31(36)38/h2-16,19-20H,17-18H2,1H3. The summed E-state index contributed by atoms with van der Waals surface area (Å²) in [6.45, 7) is 0.627. The van der Waals surface area contributed by atoms with Gasteiger partial charge in [-0.05, 0) is 72.6 Å². The van der Waals surface area contributed by atoms with Crippen molar-refractivity contribution < 1.29 is 18.7 Å². The van der Waals surface area contributed by atoms with Crippen LogP contribution in [0.3, 0.4) is 0 Å². The van der Waals surface area contributed by atoms with Gasteiger partial charge in [-0.1, -0.05) is 36.4 Å². The van der Waals surface area contributed by atoms with Crippen LogP contribution in [0.2, 0.25) is 0 Å². The molecule has 40 heavy (non-hydrogen) atoms. The molecular formula is C32H24FN3O3S. The molecule has 0 unspecified atom stereocenters. The molecule has 6 nitrogen and oxygen atoms in total. The van der Waals surface area contributed by atoms with Crippen LogP contribution in [0.25, 0.3) is 11.3 Å². The van der Waals surface area contributed by atoms with Gasteiger partial charge < -0.3 is 9.30 Å². The molecular weight excluding hydrogens is 525 g/mol. The fraction of sp³-hybridized carbons (Fsp3) is 0.0938. The topological polar surface area (TPSA) is 63.9 Å². The Labute approximate surface area is 234 Å². The average molecular weight is 550 g/mol. The summed E-state index contributed by atoms with van der Waals surface area (Å²) >= 11 is 1.48. The molecule has 5 aromatic rings. The third-order valence-corrected chi connectivity index (χ3v) is 7.69. The molecule has 0 saturated carbocycles. The first kappa shape index (κ1) is 25.5. The number of halogens is 1. The zero-order chi connectivity index (χ0) is 27.6. The van der Waals surface area contributed by atoms with Crippen molar-refractivity contribution >= 4 is 34.5 Å². The zero-order valence-corrected chi connectivity index (χ0v) is 22.4. The van der Waals surface area contributed by atoms with E-state index in [2.05, 4.69) is 4.57 Å². The Kier molecular flexibility index (Phi) is 6.84. The van der Waals surface area contributed by atoms with Crippen LogP contribution in [0.5, 0.6) is 5.75 Å². The van der Waals surface area contributed by atoms with Crippen LogP contribution in [0.4, 0.5) is 15.8 Å². The molecule has 1 aliphatic heterocycles. The molecule has 0 aliphatic carbocycles. The summed E-state index contributed by atoms with van der Waals surface area (Å²) in [7, 11) is 1.64. The van der Waals surface area contributed by atoms with Gasteiger partial charge in [-0.25, -0.2) is 14.3 Å². The lowest BCUT2D eigenvalue weighted by molar-refractivity contribution is 0.0926. The predicted octanol–water partition coefficient (Wildman–Crippen LogP) is 6.64. The number of amides is 2. The number of carbonyl (C=O) groups is 2. The number of hydrogen-bond donors (Lipinski definition) is 0. The molecule has 2 heterocycles. The van der Waals surface area contributed by atoms with E-state index in [1.54, 1.807) is 49.6 Å². The van der Waals surface area contributed by atoms with Crippen molar-refractivity contribution in [3.05, 3.63) is 130 Å².